The van der Waals surface area contributed by atoms with Gasteiger partial charge < -0.3 is 13.9 Å². The van der Waals surface area contributed by atoms with Crippen molar-refractivity contribution >= 4 is 22.5 Å². The minimum absolute atomic E-state index is 0.0996. The third-order valence-electron chi connectivity index (χ3n) is 3.24. The zero-order valence-electron chi connectivity index (χ0n) is 9.52. The van der Waals surface area contributed by atoms with E-state index >= 15 is 0 Å². The lowest BCUT2D eigenvalue weighted by Crippen LogP contribution is -2.02. The van der Waals surface area contributed by atoms with Gasteiger partial charge in [0, 0.05) is 6.07 Å². The normalized spacial score (nSPS) is 16.2. The first-order chi connectivity index (χ1) is 9.16. The van der Waals surface area contributed by atoms with Crippen LogP contribution in [0.15, 0.2) is 21.3 Å². The van der Waals surface area contributed by atoms with Gasteiger partial charge in [-0.1, -0.05) is 0 Å². The third kappa shape index (κ3) is 1.17. The molecule has 6 heteroatoms. The van der Waals surface area contributed by atoms with E-state index in [4.69, 9.17) is 13.9 Å². The molecule has 0 saturated carbocycles. The van der Waals surface area contributed by atoms with Gasteiger partial charge in [-0.15, -0.1) is 0 Å². The van der Waals surface area contributed by atoms with E-state index in [-0.39, 0.29) is 47.2 Å². The van der Waals surface area contributed by atoms with Crippen molar-refractivity contribution in [3.05, 3.63) is 33.7 Å². The van der Waals surface area contributed by atoms with Crippen LogP contribution in [-0.4, -0.2) is 24.8 Å². The van der Waals surface area contributed by atoms with Crippen LogP contribution in [0, 0.1) is 0 Å². The predicted molar refractivity (Wildman–Crippen MR) is 62.1 cm³/mol. The molecule has 4 rings (SSSR count). The summed E-state index contributed by atoms with van der Waals surface area (Å²) in [6.07, 6.45) is 0. The highest BCUT2D eigenvalue weighted by molar-refractivity contribution is 6.19. The van der Waals surface area contributed by atoms with Crippen molar-refractivity contribution in [3.63, 3.8) is 0 Å². The van der Waals surface area contributed by atoms with Gasteiger partial charge in [0.25, 0.3) is 0 Å². The van der Waals surface area contributed by atoms with Gasteiger partial charge in [0.05, 0.1) is 5.39 Å². The topological polar surface area (TPSA) is 82.8 Å². The summed E-state index contributed by atoms with van der Waals surface area (Å²) in [5, 5.41) is 0.443. The summed E-state index contributed by atoms with van der Waals surface area (Å²) in [4.78, 5) is 35.0. The van der Waals surface area contributed by atoms with Crippen molar-refractivity contribution in [2.24, 2.45) is 0 Å². The fourth-order valence-corrected chi connectivity index (χ4v) is 2.47. The maximum Gasteiger partial charge on any atom is 0.336 e. The number of rotatable bonds is 0. The molecule has 0 N–H and O–H groups in total. The third-order valence-corrected chi connectivity index (χ3v) is 3.24. The molecular formula is C13H6O6. The van der Waals surface area contributed by atoms with Gasteiger partial charge in [-0.3, -0.25) is 9.59 Å². The molecule has 2 aliphatic heterocycles. The summed E-state index contributed by atoms with van der Waals surface area (Å²) in [6.45, 7) is -0.260. The van der Waals surface area contributed by atoms with E-state index in [0.29, 0.717) is 11.1 Å². The summed E-state index contributed by atoms with van der Waals surface area (Å²) in [5.74, 6) is -0.0625. The Hall–Kier alpha value is -2.63. The molecule has 3 heterocycles. The molecule has 0 unspecified atom stereocenters. The summed E-state index contributed by atoms with van der Waals surface area (Å²) >= 11 is 0. The van der Waals surface area contributed by atoms with Gasteiger partial charge in [0.2, 0.25) is 11.6 Å². The van der Waals surface area contributed by atoms with E-state index in [9.17, 15) is 14.4 Å². The first kappa shape index (κ1) is 10.3. The number of ketones is 2. The highest BCUT2D eigenvalue weighted by Crippen LogP contribution is 2.45. The van der Waals surface area contributed by atoms with Crippen molar-refractivity contribution in [3.8, 4) is 11.5 Å². The molecule has 0 atom stereocenters. The van der Waals surface area contributed by atoms with Crippen LogP contribution in [0.4, 0.5) is 0 Å². The number of Topliss-reactive ketones (excluding diaryl/α,β-unsaturated/α-hetero) is 2. The predicted octanol–water partition coefficient (Wildman–Crippen LogP) is 0.943. The summed E-state index contributed by atoms with van der Waals surface area (Å²) in [6, 6.07) is 2.71. The molecule has 0 fully saturated rings. The van der Waals surface area contributed by atoms with Gasteiger partial charge in [-0.2, -0.15) is 0 Å². The molecule has 6 nitrogen and oxygen atoms in total. The van der Waals surface area contributed by atoms with Gasteiger partial charge >= 0.3 is 5.63 Å². The van der Waals surface area contributed by atoms with Crippen LogP contribution < -0.4 is 15.1 Å². The SMILES string of the molecule is O=C1COc2c1c1c(c3oc(=O)ccc23)C(=O)CO1. The maximum absolute atomic E-state index is 11.9. The van der Waals surface area contributed by atoms with Crippen LogP contribution >= 0.6 is 0 Å². The second-order valence-corrected chi connectivity index (χ2v) is 4.33. The molecule has 19 heavy (non-hydrogen) atoms. The van der Waals surface area contributed by atoms with Crippen LogP contribution in [0.25, 0.3) is 11.0 Å². The minimum Gasteiger partial charge on any atom is -0.484 e. The Morgan fingerprint density at radius 1 is 0.842 bits per heavy atom. The zero-order chi connectivity index (χ0) is 13.1. The van der Waals surface area contributed by atoms with E-state index in [1.807, 2.05) is 0 Å². The van der Waals surface area contributed by atoms with Gasteiger partial charge in [-0.25, -0.2) is 4.79 Å². The van der Waals surface area contributed by atoms with Crippen LogP contribution in [0.1, 0.15) is 20.7 Å². The van der Waals surface area contributed by atoms with Crippen molar-refractivity contribution in [2.45, 2.75) is 0 Å². The second-order valence-electron chi connectivity index (χ2n) is 4.33. The zero-order valence-corrected chi connectivity index (χ0v) is 9.52. The van der Waals surface area contributed by atoms with Crippen LogP contribution in [0.3, 0.4) is 0 Å². The Balaban J connectivity index is 2.28. The Labute approximate surface area is 105 Å². The van der Waals surface area contributed by atoms with E-state index in [1.54, 1.807) is 0 Å². The lowest BCUT2D eigenvalue weighted by Gasteiger charge is -2.07. The van der Waals surface area contributed by atoms with Crippen LogP contribution in [0.2, 0.25) is 0 Å². The number of hydrogen-bond donors (Lipinski definition) is 0. The van der Waals surface area contributed by atoms with Crippen molar-refractivity contribution in [1.82, 2.24) is 0 Å². The maximum atomic E-state index is 11.9. The Kier molecular flexibility index (Phi) is 1.75. The first-order valence-corrected chi connectivity index (χ1v) is 5.62. The molecule has 2 aliphatic rings. The van der Waals surface area contributed by atoms with Crippen molar-refractivity contribution < 1.29 is 23.5 Å². The van der Waals surface area contributed by atoms with Gasteiger partial charge in [-0.05, 0) is 6.07 Å². The van der Waals surface area contributed by atoms with E-state index in [2.05, 4.69) is 0 Å². The molecule has 0 radical (unpaired) electrons. The van der Waals surface area contributed by atoms with E-state index in [1.165, 1.54) is 12.1 Å². The quantitative estimate of drug-likeness (QED) is 0.654. The Morgan fingerprint density at radius 2 is 1.53 bits per heavy atom. The average Bonchev–Trinajstić information content (AvgIpc) is 2.94. The smallest absolute Gasteiger partial charge is 0.336 e. The molecule has 2 aromatic rings. The lowest BCUT2D eigenvalue weighted by atomic mass is 10.0. The summed E-state index contributed by atoms with van der Waals surface area (Å²) in [7, 11) is 0. The summed E-state index contributed by atoms with van der Waals surface area (Å²) in [5.41, 5.74) is -0.0235. The molecular weight excluding hydrogens is 252 g/mol. The molecule has 0 spiro atoms. The first-order valence-electron chi connectivity index (χ1n) is 5.62. The van der Waals surface area contributed by atoms with Crippen LogP contribution in [-0.2, 0) is 0 Å². The fourth-order valence-electron chi connectivity index (χ4n) is 2.47. The Morgan fingerprint density at radius 3 is 2.32 bits per heavy atom. The number of benzene rings is 1. The van der Waals surface area contributed by atoms with Crippen molar-refractivity contribution in [2.75, 3.05) is 13.2 Å². The number of fused-ring (bicyclic) bond motifs is 6. The molecule has 0 aliphatic carbocycles. The average molecular weight is 258 g/mol. The Bertz CT molecular complexity index is 829. The van der Waals surface area contributed by atoms with Crippen molar-refractivity contribution in [1.29, 1.82) is 0 Å². The monoisotopic (exact) mass is 258 g/mol. The molecule has 1 aromatic carbocycles. The molecule has 0 saturated heterocycles. The number of hydrogen-bond acceptors (Lipinski definition) is 6. The second kappa shape index (κ2) is 3.23. The highest BCUT2D eigenvalue weighted by atomic mass is 16.5. The largest absolute Gasteiger partial charge is 0.484 e. The number of carbonyl (C=O) groups is 2. The fraction of sp³-hybridized carbons (Fsp3) is 0.154. The number of carbonyl (C=O) groups excluding carboxylic acids is 2. The van der Waals surface area contributed by atoms with E-state index < -0.39 is 5.63 Å². The summed E-state index contributed by atoms with van der Waals surface area (Å²) < 4.78 is 15.7. The van der Waals surface area contributed by atoms with Crippen LogP contribution in [0.5, 0.6) is 11.5 Å². The number of ether oxygens (including phenoxy) is 2. The molecule has 94 valence electrons. The standard InChI is InChI=1S/C13H6O6/c14-6-3-17-11-5-1-2-8(16)19-12(5)10-7(15)4-18-13(10)9(6)11/h1-2H,3-4H2. The minimum atomic E-state index is -0.571. The molecule has 0 bridgehead atoms. The van der Waals surface area contributed by atoms with Gasteiger partial charge in [0.1, 0.15) is 22.6 Å². The molecule has 1 aromatic heterocycles. The van der Waals surface area contributed by atoms with Gasteiger partial charge in [0.15, 0.2) is 18.8 Å². The lowest BCUT2D eigenvalue weighted by molar-refractivity contribution is 0.0944. The highest BCUT2D eigenvalue weighted by Gasteiger charge is 2.38. The van der Waals surface area contributed by atoms with E-state index in [0.717, 1.165) is 0 Å². The molecule has 0 amide bonds.